The Kier molecular flexibility index (Phi) is 18.7. The van der Waals surface area contributed by atoms with Crippen LogP contribution in [-0.2, 0) is 14.6 Å². The minimum absolute atomic E-state index is 0.0926. The number of hydrogen-bond acceptors (Lipinski definition) is 4. The predicted octanol–water partition coefficient (Wildman–Crippen LogP) is 3.69. The van der Waals surface area contributed by atoms with Crippen LogP contribution in [-0.4, -0.2) is 26.1 Å². The fraction of sp³-hybridized carbons (Fsp3) is 1.00. The lowest BCUT2D eigenvalue weighted by Gasteiger charge is -2.02. The van der Waals surface area contributed by atoms with Crippen molar-refractivity contribution >= 4 is 10.4 Å². The van der Waals surface area contributed by atoms with Gasteiger partial charge >= 0.3 is 10.4 Å². The molecule has 5 nitrogen and oxygen atoms in total. The first-order chi connectivity index (χ1) is 9.47. The van der Waals surface area contributed by atoms with Gasteiger partial charge in [0.05, 0.1) is 6.61 Å². The fourth-order valence-corrected chi connectivity index (χ4v) is 2.08. The minimum atomic E-state index is -4.23. The highest BCUT2D eigenvalue weighted by atomic mass is 32.3. The molecule has 0 saturated carbocycles. The van der Waals surface area contributed by atoms with Crippen LogP contribution in [0.5, 0.6) is 0 Å². The molecule has 6 heteroatoms. The van der Waals surface area contributed by atoms with E-state index in [1.54, 1.807) is 0 Å². The number of unbranched alkanes of at least 4 members (excludes halogenated alkanes) is 9. The van der Waals surface area contributed by atoms with Gasteiger partial charge in [-0.3, -0.25) is 4.55 Å². The normalized spacial score (nSPS) is 11.0. The first-order valence-electron chi connectivity index (χ1n) is 7.79. The molecule has 0 bridgehead atoms. The Morgan fingerprint density at radius 1 is 0.850 bits per heavy atom. The van der Waals surface area contributed by atoms with Gasteiger partial charge in [0, 0.05) is 0 Å². The van der Waals surface area contributed by atoms with Crippen molar-refractivity contribution in [2.75, 3.05) is 13.2 Å². The Morgan fingerprint density at radius 3 is 1.55 bits per heavy atom. The smallest absolute Gasteiger partial charge is 0.331 e. The van der Waals surface area contributed by atoms with E-state index in [0.29, 0.717) is 6.42 Å². The summed E-state index contributed by atoms with van der Waals surface area (Å²) in [6.45, 7) is 4.96. The van der Waals surface area contributed by atoms with Crippen molar-refractivity contribution in [3.63, 3.8) is 0 Å². The van der Waals surface area contributed by atoms with Crippen LogP contribution in [0.3, 0.4) is 0 Å². The van der Waals surface area contributed by atoms with Crippen LogP contribution in [0, 0.1) is 0 Å². The van der Waals surface area contributed by atoms with Crippen molar-refractivity contribution in [2.24, 2.45) is 5.73 Å². The predicted molar refractivity (Wildman–Crippen MR) is 84.1 cm³/mol. The molecule has 0 saturated heterocycles. The summed E-state index contributed by atoms with van der Waals surface area (Å²) in [6.07, 6.45) is 11.9. The van der Waals surface area contributed by atoms with E-state index in [9.17, 15) is 8.42 Å². The second-order valence-electron chi connectivity index (χ2n) is 4.84. The lowest BCUT2D eigenvalue weighted by atomic mass is 10.1. The topological polar surface area (TPSA) is 89.6 Å². The maximum atomic E-state index is 10.2. The third-order valence-corrected chi connectivity index (χ3v) is 3.19. The molecule has 0 aliphatic rings. The zero-order valence-electron chi connectivity index (χ0n) is 13.1. The maximum absolute atomic E-state index is 10.2. The van der Waals surface area contributed by atoms with Crippen LogP contribution in [0.4, 0.5) is 0 Å². The Balaban J connectivity index is 0. The van der Waals surface area contributed by atoms with Gasteiger partial charge in [-0.05, 0) is 13.0 Å². The molecule has 20 heavy (non-hydrogen) atoms. The SMILES string of the molecule is CCCCCCCCCCCCOS(=O)(=O)O.CCN. The van der Waals surface area contributed by atoms with E-state index in [1.165, 1.54) is 44.9 Å². The lowest BCUT2D eigenvalue weighted by molar-refractivity contribution is 0.261. The molecule has 0 rings (SSSR count). The molecule has 0 aliphatic carbocycles. The Morgan fingerprint density at radius 2 is 1.20 bits per heavy atom. The molecule has 0 atom stereocenters. The standard InChI is InChI=1S/C12H26O4S.C2H7N/c1-2-3-4-5-6-7-8-9-10-11-12-16-17(13,14)15;1-2-3/h2-12H2,1H3,(H,13,14,15);2-3H2,1H3. The second kappa shape index (κ2) is 16.9. The summed E-state index contributed by atoms with van der Waals surface area (Å²) in [5.74, 6) is 0. The Labute approximate surface area is 125 Å². The Hall–Kier alpha value is -0.170. The number of rotatable bonds is 12. The lowest BCUT2D eigenvalue weighted by Crippen LogP contribution is -2.04. The fourth-order valence-electron chi connectivity index (χ4n) is 1.75. The van der Waals surface area contributed by atoms with E-state index < -0.39 is 10.4 Å². The molecule has 0 radical (unpaired) electrons. The Bertz CT molecular complexity index is 268. The van der Waals surface area contributed by atoms with Crippen molar-refractivity contribution in [1.82, 2.24) is 0 Å². The molecule has 3 N–H and O–H groups in total. The summed E-state index contributed by atoms with van der Waals surface area (Å²) in [5.41, 5.74) is 4.85. The molecule has 124 valence electrons. The summed E-state index contributed by atoms with van der Waals surface area (Å²) in [7, 11) is -4.23. The minimum Gasteiger partial charge on any atom is -0.331 e. The molecular weight excluding hydrogens is 278 g/mol. The van der Waals surface area contributed by atoms with Crippen molar-refractivity contribution in [2.45, 2.75) is 78.1 Å². The third-order valence-electron chi connectivity index (χ3n) is 2.73. The van der Waals surface area contributed by atoms with Crippen LogP contribution in [0.15, 0.2) is 0 Å². The van der Waals surface area contributed by atoms with Gasteiger partial charge in [0.25, 0.3) is 0 Å². The molecule has 0 spiro atoms. The van der Waals surface area contributed by atoms with Crippen LogP contribution in [0.2, 0.25) is 0 Å². The number of nitrogens with two attached hydrogens (primary N) is 1. The van der Waals surface area contributed by atoms with Gasteiger partial charge in [0.2, 0.25) is 0 Å². The van der Waals surface area contributed by atoms with E-state index in [-0.39, 0.29) is 6.61 Å². The summed E-state index contributed by atoms with van der Waals surface area (Å²) in [5, 5.41) is 0. The molecule has 0 aliphatic heterocycles. The van der Waals surface area contributed by atoms with Crippen LogP contribution < -0.4 is 5.73 Å². The highest BCUT2D eigenvalue weighted by molar-refractivity contribution is 7.80. The van der Waals surface area contributed by atoms with Crippen LogP contribution in [0.1, 0.15) is 78.1 Å². The summed E-state index contributed by atoms with van der Waals surface area (Å²) in [4.78, 5) is 0. The van der Waals surface area contributed by atoms with E-state index in [0.717, 1.165) is 19.4 Å². The zero-order valence-corrected chi connectivity index (χ0v) is 14.0. The van der Waals surface area contributed by atoms with Gasteiger partial charge in [-0.25, -0.2) is 4.18 Å². The first kappa shape index (κ1) is 22.1. The van der Waals surface area contributed by atoms with Gasteiger partial charge in [0.15, 0.2) is 0 Å². The van der Waals surface area contributed by atoms with Gasteiger partial charge in [-0.2, -0.15) is 8.42 Å². The van der Waals surface area contributed by atoms with Gasteiger partial charge < -0.3 is 5.73 Å². The largest absolute Gasteiger partial charge is 0.397 e. The highest BCUT2D eigenvalue weighted by Crippen LogP contribution is 2.10. The molecule has 0 aromatic carbocycles. The monoisotopic (exact) mass is 311 g/mol. The van der Waals surface area contributed by atoms with E-state index in [4.69, 9.17) is 10.3 Å². The molecule has 0 heterocycles. The molecule has 0 aromatic rings. The summed E-state index contributed by atoms with van der Waals surface area (Å²) in [6, 6.07) is 0. The average molecular weight is 311 g/mol. The van der Waals surface area contributed by atoms with Crippen LogP contribution >= 0.6 is 0 Å². The molecule has 0 fully saturated rings. The summed E-state index contributed by atoms with van der Waals surface area (Å²) < 4.78 is 33.0. The van der Waals surface area contributed by atoms with Crippen molar-refractivity contribution in [3.05, 3.63) is 0 Å². The molecule has 0 unspecified atom stereocenters. The highest BCUT2D eigenvalue weighted by Gasteiger charge is 2.02. The quantitative estimate of drug-likeness (QED) is 0.424. The van der Waals surface area contributed by atoms with E-state index in [2.05, 4.69) is 11.1 Å². The molecule has 0 aromatic heterocycles. The van der Waals surface area contributed by atoms with Crippen molar-refractivity contribution in [3.8, 4) is 0 Å². The zero-order chi connectivity index (χ0) is 15.7. The van der Waals surface area contributed by atoms with E-state index >= 15 is 0 Å². The van der Waals surface area contributed by atoms with Crippen molar-refractivity contribution in [1.29, 1.82) is 0 Å². The first-order valence-corrected chi connectivity index (χ1v) is 9.16. The molecular formula is C14H33NO4S. The van der Waals surface area contributed by atoms with Gasteiger partial charge in [-0.15, -0.1) is 0 Å². The van der Waals surface area contributed by atoms with Gasteiger partial charge in [-0.1, -0.05) is 71.6 Å². The second-order valence-corrected chi connectivity index (χ2v) is 5.93. The maximum Gasteiger partial charge on any atom is 0.397 e. The van der Waals surface area contributed by atoms with E-state index in [1.807, 2.05) is 6.92 Å². The van der Waals surface area contributed by atoms with Crippen molar-refractivity contribution < 1.29 is 17.2 Å². The molecule has 0 amide bonds. The summed E-state index contributed by atoms with van der Waals surface area (Å²) >= 11 is 0. The number of hydrogen-bond donors (Lipinski definition) is 2. The average Bonchev–Trinajstić information content (AvgIpc) is 2.35. The van der Waals surface area contributed by atoms with Gasteiger partial charge in [0.1, 0.15) is 0 Å². The van der Waals surface area contributed by atoms with Crippen LogP contribution in [0.25, 0.3) is 0 Å². The third kappa shape index (κ3) is 26.4.